The molecule has 0 aliphatic carbocycles. The number of hydrogen-bond acceptors (Lipinski definition) is 3. The molecule has 0 amide bonds. The van der Waals surface area contributed by atoms with Crippen molar-refractivity contribution < 1.29 is 0 Å². The number of nitrogens with two attached hydrogens (primary N) is 1. The van der Waals surface area contributed by atoms with Crippen molar-refractivity contribution >= 4 is 16.6 Å². The lowest BCUT2D eigenvalue weighted by Gasteiger charge is -2.05. The maximum absolute atomic E-state index is 8.99. The molecule has 1 aromatic heterocycles. The van der Waals surface area contributed by atoms with Crippen LogP contribution in [0.25, 0.3) is 16.6 Å². The number of fused-ring (bicyclic) bond motifs is 1. The van der Waals surface area contributed by atoms with Gasteiger partial charge in [-0.3, -0.25) is 0 Å². The van der Waals surface area contributed by atoms with Gasteiger partial charge in [0.15, 0.2) is 0 Å². The van der Waals surface area contributed by atoms with Crippen LogP contribution in [-0.4, -0.2) is 9.78 Å². The molecular weight excluding hydrogens is 224 g/mol. The van der Waals surface area contributed by atoms with Gasteiger partial charge in [-0.2, -0.15) is 10.4 Å². The molecule has 0 aliphatic rings. The van der Waals surface area contributed by atoms with Crippen LogP contribution in [0.1, 0.15) is 5.56 Å². The van der Waals surface area contributed by atoms with Gasteiger partial charge < -0.3 is 5.73 Å². The van der Waals surface area contributed by atoms with Crippen molar-refractivity contribution in [3.8, 4) is 11.8 Å². The number of nitrogens with zero attached hydrogens (tertiary/aromatic N) is 3. The Kier molecular flexibility index (Phi) is 2.24. The van der Waals surface area contributed by atoms with Gasteiger partial charge in [0.05, 0.1) is 23.0 Å². The Labute approximate surface area is 104 Å². The van der Waals surface area contributed by atoms with Crippen molar-refractivity contribution in [2.75, 3.05) is 5.73 Å². The van der Waals surface area contributed by atoms with Crippen molar-refractivity contribution in [3.05, 3.63) is 54.2 Å². The van der Waals surface area contributed by atoms with Gasteiger partial charge in [-0.15, -0.1) is 0 Å². The second kappa shape index (κ2) is 3.90. The van der Waals surface area contributed by atoms with E-state index in [1.807, 2.05) is 30.3 Å². The van der Waals surface area contributed by atoms with Crippen LogP contribution in [0.5, 0.6) is 0 Å². The van der Waals surface area contributed by atoms with Crippen LogP contribution in [0.15, 0.2) is 48.7 Å². The van der Waals surface area contributed by atoms with E-state index in [9.17, 15) is 0 Å². The van der Waals surface area contributed by atoms with Crippen molar-refractivity contribution in [2.45, 2.75) is 0 Å². The summed E-state index contributed by atoms with van der Waals surface area (Å²) in [7, 11) is 0. The Balaban J connectivity index is 2.24. The summed E-state index contributed by atoms with van der Waals surface area (Å²) in [6.45, 7) is 0. The van der Waals surface area contributed by atoms with Crippen LogP contribution in [0.3, 0.4) is 0 Å². The molecule has 3 rings (SSSR count). The minimum absolute atomic E-state index is 0.465. The van der Waals surface area contributed by atoms with Gasteiger partial charge in [0.2, 0.25) is 0 Å². The fourth-order valence-corrected chi connectivity index (χ4v) is 1.95. The van der Waals surface area contributed by atoms with Gasteiger partial charge in [-0.05, 0) is 24.3 Å². The molecule has 4 heteroatoms. The zero-order valence-corrected chi connectivity index (χ0v) is 9.54. The second-order valence-corrected chi connectivity index (χ2v) is 4.00. The molecule has 1 heterocycles. The molecule has 3 aromatic rings. The number of anilines is 1. The highest BCUT2D eigenvalue weighted by Crippen LogP contribution is 2.20. The summed E-state index contributed by atoms with van der Waals surface area (Å²) < 4.78 is 1.80. The summed E-state index contributed by atoms with van der Waals surface area (Å²) in [5.41, 5.74) is 8.50. The molecule has 2 N–H and O–H groups in total. The zero-order valence-electron chi connectivity index (χ0n) is 9.54. The monoisotopic (exact) mass is 234 g/mol. The SMILES string of the molecule is N#Cc1cc(-n2ncc3ccccc32)ccc1N. The molecule has 0 saturated carbocycles. The van der Waals surface area contributed by atoms with E-state index in [-0.39, 0.29) is 0 Å². The number of hydrogen-bond donors (Lipinski definition) is 1. The zero-order chi connectivity index (χ0) is 12.5. The maximum atomic E-state index is 8.99. The Hall–Kier alpha value is -2.80. The first-order valence-corrected chi connectivity index (χ1v) is 5.52. The predicted octanol–water partition coefficient (Wildman–Crippen LogP) is 2.48. The first kappa shape index (κ1) is 10.4. The summed E-state index contributed by atoms with van der Waals surface area (Å²) in [4.78, 5) is 0. The lowest BCUT2D eigenvalue weighted by Crippen LogP contribution is -1.98. The third-order valence-corrected chi connectivity index (χ3v) is 2.88. The van der Waals surface area contributed by atoms with Crippen LogP contribution in [0, 0.1) is 11.3 Å². The third-order valence-electron chi connectivity index (χ3n) is 2.88. The minimum atomic E-state index is 0.465. The molecule has 18 heavy (non-hydrogen) atoms. The molecule has 2 aromatic carbocycles. The first-order chi connectivity index (χ1) is 8.79. The van der Waals surface area contributed by atoms with Crippen LogP contribution in [-0.2, 0) is 0 Å². The largest absolute Gasteiger partial charge is 0.398 e. The quantitative estimate of drug-likeness (QED) is 0.658. The van der Waals surface area contributed by atoms with Crippen LogP contribution < -0.4 is 5.73 Å². The van der Waals surface area contributed by atoms with E-state index in [2.05, 4.69) is 11.2 Å². The summed E-state index contributed by atoms with van der Waals surface area (Å²) >= 11 is 0. The highest BCUT2D eigenvalue weighted by molar-refractivity contribution is 5.80. The van der Waals surface area contributed by atoms with E-state index < -0.39 is 0 Å². The second-order valence-electron chi connectivity index (χ2n) is 4.00. The summed E-state index contributed by atoms with van der Waals surface area (Å²) in [5, 5.41) is 14.4. The fourth-order valence-electron chi connectivity index (χ4n) is 1.95. The highest BCUT2D eigenvalue weighted by Gasteiger charge is 2.06. The first-order valence-electron chi connectivity index (χ1n) is 5.52. The standard InChI is InChI=1S/C14H10N4/c15-8-11-7-12(5-6-13(11)16)18-14-4-2-1-3-10(14)9-17-18/h1-7,9H,16H2. The molecular formula is C14H10N4. The van der Waals surface area contributed by atoms with Gasteiger partial charge in [-0.25, -0.2) is 4.68 Å². The summed E-state index contributed by atoms with van der Waals surface area (Å²) in [6.07, 6.45) is 1.80. The number of nitriles is 1. The van der Waals surface area contributed by atoms with Crippen molar-refractivity contribution in [1.82, 2.24) is 9.78 Å². The van der Waals surface area contributed by atoms with E-state index >= 15 is 0 Å². The van der Waals surface area contributed by atoms with Gasteiger partial charge in [0, 0.05) is 11.1 Å². The molecule has 0 radical (unpaired) electrons. The van der Waals surface area contributed by atoms with Crippen LogP contribution in [0.2, 0.25) is 0 Å². The Morgan fingerprint density at radius 3 is 2.83 bits per heavy atom. The molecule has 86 valence electrons. The number of para-hydroxylation sites is 1. The Morgan fingerprint density at radius 2 is 2.00 bits per heavy atom. The van der Waals surface area contributed by atoms with E-state index in [0.29, 0.717) is 11.3 Å². The molecule has 0 atom stereocenters. The average molecular weight is 234 g/mol. The van der Waals surface area contributed by atoms with Gasteiger partial charge in [0.25, 0.3) is 0 Å². The number of rotatable bonds is 1. The van der Waals surface area contributed by atoms with Gasteiger partial charge in [0.1, 0.15) is 6.07 Å². The van der Waals surface area contributed by atoms with Crippen LogP contribution in [0.4, 0.5) is 5.69 Å². The summed E-state index contributed by atoms with van der Waals surface area (Å²) in [6, 6.07) is 15.3. The molecule has 0 unspecified atom stereocenters. The lowest BCUT2D eigenvalue weighted by molar-refractivity contribution is 0.910. The normalized spacial score (nSPS) is 10.4. The predicted molar refractivity (Wildman–Crippen MR) is 70.2 cm³/mol. The molecule has 0 aliphatic heterocycles. The molecule has 0 fully saturated rings. The number of benzene rings is 2. The van der Waals surface area contributed by atoms with E-state index in [4.69, 9.17) is 11.0 Å². The van der Waals surface area contributed by atoms with Crippen molar-refractivity contribution in [2.24, 2.45) is 0 Å². The van der Waals surface area contributed by atoms with Crippen molar-refractivity contribution in [1.29, 1.82) is 5.26 Å². The summed E-state index contributed by atoms with van der Waals surface area (Å²) in [5.74, 6) is 0. The van der Waals surface area contributed by atoms with Gasteiger partial charge >= 0.3 is 0 Å². The molecule has 0 bridgehead atoms. The molecule has 0 saturated heterocycles. The molecule has 4 nitrogen and oxygen atoms in total. The van der Waals surface area contributed by atoms with Crippen LogP contribution >= 0.6 is 0 Å². The topological polar surface area (TPSA) is 67.6 Å². The van der Waals surface area contributed by atoms with Gasteiger partial charge in [-0.1, -0.05) is 18.2 Å². The third kappa shape index (κ3) is 1.50. The highest BCUT2D eigenvalue weighted by atomic mass is 15.3. The van der Waals surface area contributed by atoms with Crippen molar-refractivity contribution in [3.63, 3.8) is 0 Å². The average Bonchev–Trinajstić information content (AvgIpc) is 2.83. The minimum Gasteiger partial charge on any atom is -0.398 e. The van der Waals surface area contributed by atoms with E-state index in [1.165, 1.54) is 0 Å². The maximum Gasteiger partial charge on any atom is 0.101 e. The number of nitrogen functional groups attached to an aromatic ring is 1. The van der Waals surface area contributed by atoms with E-state index in [0.717, 1.165) is 16.6 Å². The Morgan fingerprint density at radius 1 is 1.17 bits per heavy atom. The fraction of sp³-hybridized carbons (Fsp3) is 0. The smallest absolute Gasteiger partial charge is 0.101 e. The molecule has 0 spiro atoms. The van der Waals surface area contributed by atoms with E-state index in [1.54, 1.807) is 23.0 Å². The lowest BCUT2D eigenvalue weighted by atomic mass is 10.1. The Bertz CT molecular complexity index is 765. The number of aromatic nitrogens is 2.